The van der Waals surface area contributed by atoms with Crippen molar-refractivity contribution in [2.45, 2.75) is 13.2 Å². The molecule has 0 radical (unpaired) electrons. The SMILES string of the molecule is O=c1[nH]c2ccc(NCc3cc(Br)ccc3OCc3ccccc3)cc2[nH]1.[Cl-]. The molecule has 0 unspecified atom stereocenters. The van der Waals surface area contributed by atoms with Crippen LogP contribution in [0.25, 0.3) is 11.0 Å². The van der Waals surface area contributed by atoms with E-state index in [4.69, 9.17) is 4.74 Å². The van der Waals surface area contributed by atoms with Crippen LogP contribution in [0.4, 0.5) is 5.69 Å². The summed E-state index contributed by atoms with van der Waals surface area (Å²) in [5, 5.41) is 3.39. The first kappa shape index (κ1) is 20.0. The second-order valence-corrected chi connectivity index (χ2v) is 7.14. The Hall–Kier alpha value is -2.70. The van der Waals surface area contributed by atoms with Gasteiger partial charge in [0.25, 0.3) is 0 Å². The third kappa shape index (κ3) is 4.77. The van der Waals surface area contributed by atoms with Crippen LogP contribution in [0.1, 0.15) is 11.1 Å². The average molecular weight is 460 g/mol. The maximum Gasteiger partial charge on any atom is 0.323 e. The third-order valence-electron chi connectivity index (χ3n) is 4.26. The zero-order valence-electron chi connectivity index (χ0n) is 14.8. The van der Waals surface area contributed by atoms with Gasteiger partial charge in [-0.1, -0.05) is 46.3 Å². The van der Waals surface area contributed by atoms with Gasteiger partial charge < -0.3 is 32.4 Å². The van der Waals surface area contributed by atoms with Crippen molar-refractivity contribution in [2.75, 3.05) is 5.32 Å². The summed E-state index contributed by atoms with van der Waals surface area (Å²) < 4.78 is 7.02. The van der Waals surface area contributed by atoms with Gasteiger partial charge >= 0.3 is 5.69 Å². The molecule has 0 amide bonds. The molecule has 3 N–H and O–H groups in total. The minimum Gasteiger partial charge on any atom is -1.00 e. The van der Waals surface area contributed by atoms with E-state index in [0.717, 1.165) is 38.1 Å². The summed E-state index contributed by atoms with van der Waals surface area (Å²) >= 11 is 3.53. The van der Waals surface area contributed by atoms with Crippen LogP contribution in [-0.4, -0.2) is 9.97 Å². The van der Waals surface area contributed by atoms with Crippen LogP contribution in [0.3, 0.4) is 0 Å². The van der Waals surface area contributed by atoms with Crippen LogP contribution in [-0.2, 0) is 13.2 Å². The number of ether oxygens (including phenoxy) is 1. The standard InChI is InChI=1S/C21H18BrN3O2.ClH/c22-16-6-9-20(27-13-14-4-2-1-3-5-14)15(10-16)12-23-17-7-8-18-19(11-17)25-21(26)24-18;/h1-11,23H,12-13H2,(H2,24,25,26);1H/p-1. The van der Waals surface area contributed by atoms with Crippen LogP contribution in [0.5, 0.6) is 5.75 Å². The van der Waals surface area contributed by atoms with Crippen molar-refractivity contribution < 1.29 is 17.1 Å². The van der Waals surface area contributed by atoms with Crippen molar-refractivity contribution in [1.82, 2.24) is 9.97 Å². The summed E-state index contributed by atoms with van der Waals surface area (Å²) in [5.41, 5.74) is 4.46. The molecule has 4 aromatic rings. The highest BCUT2D eigenvalue weighted by molar-refractivity contribution is 9.10. The van der Waals surface area contributed by atoms with Gasteiger partial charge in [-0.25, -0.2) is 4.79 Å². The lowest BCUT2D eigenvalue weighted by molar-refractivity contribution is -0.00000574. The van der Waals surface area contributed by atoms with E-state index in [1.807, 2.05) is 66.7 Å². The van der Waals surface area contributed by atoms with E-state index in [9.17, 15) is 4.79 Å². The maximum atomic E-state index is 11.4. The molecule has 7 heteroatoms. The third-order valence-corrected chi connectivity index (χ3v) is 4.75. The second kappa shape index (κ2) is 8.99. The fourth-order valence-electron chi connectivity index (χ4n) is 2.90. The molecule has 4 rings (SSSR count). The zero-order valence-corrected chi connectivity index (χ0v) is 17.2. The highest BCUT2D eigenvalue weighted by atomic mass is 79.9. The molecule has 3 aromatic carbocycles. The largest absolute Gasteiger partial charge is 1.00 e. The molecule has 0 aliphatic rings. The van der Waals surface area contributed by atoms with Crippen molar-refractivity contribution in [3.05, 3.63) is 92.8 Å². The lowest BCUT2D eigenvalue weighted by atomic mass is 10.2. The molecule has 1 heterocycles. The van der Waals surface area contributed by atoms with Gasteiger partial charge in [-0.05, 0) is 42.0 Å². The summed E-state index contributed by atoms with van der Waals surface area (Å²) in [6.07, 6.45) is 0. The van der Waals surface area contributed by atoms with Crippen molar-refractivity contribution in [1.29, 1.82) is 0 Å². The highest BCUT2D eigenvalue weighted by Crippen LogP contribution is 2.25. The van der Waals surface area contributed by atoms with E-state index in [-0.39, 0.29) is 18.1 Å². The van der Waals surface area contributed by atoms with Crippen molar-refractivity contribution in [3.63, 3.8) is 0 Å². The fourth-order valence-corrected chi connectivity index (χ4v) is 3.31. The molecule has 144 valence electrons. The summed E-state index contributed by atoms with van der Waals surface area (Å²) in [7, 11) is 0. The normalized spacial score (nSPS) is 10.5. The van der Waals surface area contributed by atoms with E-state index in [1.165, 1.54) is 0 Å². The van der Waals surface area contributed by atoms with Crippen molar-refractivity contribution >= 4 is 32.7 Å². The number of aromatic nitrogens is 2. The minimum absolute atomic E-state index is 0. The Bertz CT molecular complexity index is 1130. The average Bonchev–Trinajstić information content (AvgIpc) is 3.05. The lowest BCUT2D eigenvalue weighted by Crippen LogP contribution is -3.00. The predicted molar refractivity (Wildman–Crippen MR) is 111 cm³/mol. The van der Waals surface area contributed by atoms with Gasteiger partial charge in [0, 0.05) is 22.3 Å². The first-order valence-corrected chi connectivity index (χ1v) is 9.38. The molecule has 1 aromatic heterocycles. The maximum absolute atomic E-state index is 11.4. The molecule has 0 spiro atoms. The van der Waals surface area contributed by atoms with Gasteiger partial charge in [0.15, 0.2) is 0 Å². The molecule has 5 nitrogen and oxygen atoms in total. The second-order valence-electron chi connectivity index (χ2n) is 6.22. The first-order chi connectivity index (χ1) is 13.2. The van der Waals surface area contributed by atoms with E-state index >= 15 is 0 Å². The Kier molecular flexibility index (Phi) is 6.44. The molecular weight excluding hydrogens is 442 g/mol. The molecular formula is C21H18BrClN3O2-. The molecule has 0 aliphatic carbocycles. The molecule has 0 aliphatic heterocycles. The zero-order chi connectivity index (χ0) is 18.6. The topological polar surface area (TPSA) is 69.9 Å². The Labute approximate surface area is 176 Å². The van der Waals surface area contributed by atoms with Crippen molar-refractivity contribution in [2.24, 2.45) is 0 Å². The van der Waals surface area contributed by atoms with Gasteiger partial charge in [0.05, 0.1) is 11.0 Å². The number of fused-ring (bicyclic) bond motifs is 1. The summed E-state index contributed by atoms with van der Waals surface area (Å²) in [6.45, 7) is 1.12. The summed E-state index contributed by atoms with van der Waals surface area (Å²) in [6, 6.07) is 21.8. The number of anilines is 1. The number of hydrogen-bond donors (Lipinski definition) is 3. The van der Waals surface area contributed by atoms with Crippen molar-refractivity contribution in [3.8, 4) is 5.75 Å². The Morgan fingerprint density at radius 3 is 2.54 bits per heavy atom. The van der Waals surface area contributed by atoms with Crippen LogP contribution < -0.4 is 28.2 Å². The smallest absolute Gasteiger partial charge is 0.323 e. The number of aromatic amines is 2. The molecule has 0 fully saturated rings. The molecule has 0 saturated carbocycles. The van der Waals surface area contributed by atoms with Gasteiger partial charge in [-0.3, -0.25) is 0 Å². The van der Waals surface area contributed by atoms with Gasteiger partial charge in [0.2, 0.25) is 0 Å². The summed E-state index contributed by atoms with van der Waals surface area (Å²) in [5.74, 6) is 0.839. The molecule has 28 heavy (non-hydrogen) atoms. The lowest BCUT2D eigenvalue weighted by Gasteiger charge is -2.14. The van der Waals surface area contributed by atoms with Gasteiger partial charge in [-0.15, -0.1) is 0 Å². The summed E-state index contributed by atoms with van der Waals surface area (Å²) in [4.78, 5) is 16.9. The number of halogens is 2. The predicted octanol–water partition coefficient (Wildman–Crippen LogP) is 1.81. The number of rotatable bonds is 6. The Balaban J connectivity index is 0.00000225. The molecule has 0 bridgehead atoms. The quantitative estimate of drug-likeness (QED) is 0.412. The van der Waals surface area contributed by atoms with Gasteiger partial charge in [0.1, 0.15) is 12.4 Å². The number of nitrogens with one attached hydrogen (secondary N) is 3. The van der Waals surface area contributed by atoms with Crippen LogP contribution in [0.15, 0.2) is 76.0 Å². The minimum atomic E-state index is -0.203. The molecule has 0 atom stereocenters. The van der Waals surface area contributed by atoms with E-state index in [2.05, 4.69) is 31.2 Å². The van der Waals surface area contributed by atoms with Crippen LogP contribution >= 0.6 is 15.9 Å². The molecule has 0 saturated heterocycles. The Morgan fingerprint density at radius 2 is 1.71 bits per heavy atom. The monoisotopic (exact) mass is 458 g/mol. The number of benzene rings is 3. The number of H-pyrrole nitrogens is 2. The van der Waals surface area contributed by atoms with E-state index in [0.29, 0.717) is 13.2 Å². The van der Waals surface area contributed by atoms with Crippen LogP contribution in [0, 0.1) is 0 Å². The number of hydrogen-bond acceptors (Lipinski definition) is 3. The first-order valence-electron chi connectivity index (χ1n) is 8.58. The van der Waals surface area contributed by atoms with Crippen LogP contribution in [0.2, 0.25) is 0 Å². The number of imidazole rings is 1. The fraction of sp³-hybridized carbons (Fsp3) is 0.0952. The Morgan fingerprint density at radius 1 is 0.929 bits per heavy atom. The van der Waals surface area contributed by atoms with E-state index < -0.39 is 0 Å². The van der Waals surface area contributed by atoms with E-state index in [1.54, 1.807) is 0 Å². The highest BCUT2D eigenvalue weighted by Gasteiger charge is 2.07. The van der Waals surface area contributed by atoms with Gasteiger partial charge in [-0.2, -0.15) is 0 Å².